The second kappa shape index (κ2) is 7.35. The lowest BCUT2D eigenvalue weighted by atomic mass is 9.53. The summed E-state index contributed by atoms with van der Waals surface area (Å²) in [6.07, 6.45) is 3.61. The first-order valence-electron chi connectivity index (χ1n) is 11.5. The summed E-state index contributed by atoms with van der Waals surface area (Å²) in [7, 11) is 2.19. The molecule has 1 aromatic carbocycles. The first-order valence-corrected chi connectivity index (χ1v) is 12.5. The van der Waals surface area contributed by atoms with Crippen molar-refractivity contribution in [2.24, 2.45) is 11.8 Å². The first-order chi connectivity index (χ1) is 15.4. The molecular formula is C24H31NO6S. The number of benzene rings is 1. The number of hydrogen-bond donors (Lipinski definition) is 4. The lowest BCUT2D eigenvalue weighted by Gasteiger charge is -2.57. The smallest absolute Gasteiger partial charge is 0.165 e. The number of likely N-dealkylation sites (tertiary alicyclic amines) is 1. The van der Waals surface area contributed by atoms with Gasteiger partial charge in [0.1, 0.15) is 17.6 Å². The Morgan fingerprint density at radius 2 is 2.03 bits per heavy atom. The van der Waals surface area contributed by atoms with Crippen LogP contribution in [0.25, 0.3) is 0 Å². The Labute approximate surface area is 192 Å². The van der Waals surface area contributed by atoms with Gasteiger partial charge in [0, 0.05) is 28.9 Å². The van der Waals surface area contributed by atoms with Crippen molar-refractivity contribution in [3.63, 3.8) is 0 Å². The molecule has 6 rings (SSSR count). The van der Waals surface area contributed by atoms with Crippen molar-refractivity contribution >= 4 is 11.8 Å². The highest BCUT2D eigenvalue weighted by atomic mass is 32.2. The predicted molar refractivity (Wildman–Crippen MR) is 120 cm³/mol. The molecule has 174 valence electrons. The van der Waals surface area contributed by atoms with Crippen LogP contribution in [0.1, 0.15) is 24.5 Å². The van der Waals surface area contributed by atoms with Crippen LogP contribution in [0.2, 0.25) is 0 Å². The van der Waals surface area contributed by atoms with Gasteiger partial charge < -0.3 is 34.8 Å². The van der Waals surface area contributed by atoms with E-state index in [9.17, 15) is 20.4 Å². The molecule has 0 saturated carbocycles. The number of aromatic hydroxyl groups is 1. The fourth-order valence-corrected chi connectivity index (χ4v) is 8.34. The summed E-state index contributed by atoms with van der Waals surface area (Å²) in [4.78, 5) is 2.44. The highest BCUT2D eigenvalue weighted by molar-refractivity contribution is 8.00. The predicted octanol–water partition coefficient (Wildman–Crippen LogP) is 1.01. The fourth-order valence-electron chi connectivity index (χ4n) is 6.88. The third kappa shape index (κ3) is 2.68. The van der Waals surface area contributed by atoms with Gasteiger partial charge >= 0.3 is 0 Å². The van der Waals surface area contributed by atoms with Gasteiger partial charge in [-0.1, -0.05) is 25.1 Å². The van der Waals surface area contributed by atoms with E-state index in [4.69, 9.17) is 9.47 Å². The molecule has 0 aromatic heterocycles. The average molecular weight is 462 g/mol. The molecule has 2 saturated heterocycles. The summed E-state index contributed by atoms with van der Waals surface area (Å²) >= 11 is 1.45. The number of nitrogens with zero attached hydrogens (tertiary/aromatic N) is 1. The van der Waals surface area contributed by atoms with Gasteiger partial charge in [0.2, 0.25) is 0 Å². The van der Waals surface area contributed by atoms with E-state index in [0.29, 0.717) is 17.7 Å². The minimum atomic E-state index is -1.05. The van der Waals surface area contributed by atoms with E-state index >= 15 is 0 Å². The number of aliphatic hydroxyl groups is 3. The quantitative estimate of drug-likeness (QED) is 0.495. The third-order valence-corrected chi connectivity index (χ3v) is 10.0. The van der Waals surface area contributed by atoms with E-state index < -0.39 is 23.7 Å². The number of hydrogen-bond acceptors (Lipinski definition) is 8. The molecule has 32 heavy (non-hydrogen) atoms. The van der Waals surface area contributed by atoms with Crippen LogP contribution >= 0.6 is 11.8 Å². The molecule has 3 aliphatic heterocycles. The number of phenolic OH excluding ortho intramolecular Hbond substituents is 1. The summed E-state index contributed by atoms with van der Waals surface area (Å²) in [5.41, 5.74) is 1.53. The largest absolute Gasteiger partial charge is 0.504 e. The minimum absolute atomic E-state index is 0.118. The van der Waals surface area contributed by atoms with Crippen molar-refractivity contribution in [1.82, 2.24) is 4.90 Å². The van der Waals surface area contributed by atoms with Crippen molar-refractivity contribution in [2.75, 3.05) is 20.2 Å². The number of thioether (sulfide) groups is 1. The van der Waals surface area contributed by atoms with E-state index in [1.165, 1.54) is 22.9 Å². The minimum Gasteiger partial charge on any atom is -0.504 e. The molecule has 1 spiro atoms. The Hall–Kier alpha value is -1.29. The van der Waals surface area contributed by atoms with Crippen LogP contribution in [-0.4, -0.2) is 86.7 Å². The topological polar surface area (TPSA) is 103 Å². The molecule has 3 unspecified atom stereocenters. The van der Waals surface area contributed by atoms with Crippen LogP contribution in [0.15, 0.2) is 24.3 Å². The average Bonchev–Trinajstić information content (AvgIpc) is 3.14. The maximum Gasteiger partial charge on any atom is 0.165 e. The zero-order valence-corrected chi connectivity index (χ0v) is 19.1. The van der Waals surface area contributed by atoms with E-state index in [2.05, 4.69) is 24.1 Å². The Morgan fingerprint density at radius 3 is 2.81 bits per heavy atom. The van der Waals surface area contributed by atoms with Gasteiger partial charge in [-0.05, 0) is 38.1 Å². The molecule has 7 nitrogen and oxygen atoms in total. The molecule has 5 aliphatic rings. The Kier molecular flexibility index (Phi) is 4.88. The van der Waals surface area contributed by atoms with Gasteiger partial charge in [-0.25, -0.2) is 0 Å². The molecule has 2 aliphatic carbocycles. The van der Waals surface area contributed by atoms with Crippen molar-refractivity contribution < 1.29 is 29.9 Å². The van der Waals surface area contributed by atoms with Gasteiger partial charge in [0.15, 0.2) is 11.5 Å². The molecule has 8 heteroatoms. The monoisotopic (exact) mass is 461 g/mol. The first kappa shape index (κ1) is 21.3. The number of phenols is 1. The highest BCUT2D eigenvalue weighted by Crippen LogP contribution is 2.63. The van der Waals surface area contributed by atoms with Crippen LogP contribution in [0.5, 0.6) is 11.5 Å². The summed E-state index contributed by atoms with van der Waals surface area (Å²) < 4.78 is 12.6. The van der Waals surface area contributed by atoms with E-state index in [0.717, 1.165) is 19.4 Å². The second-order valence-corrected chi connectivity index (χ2v) is 11.4. The number of aliphatic hydroxyl groups excluding tert-OH is 3. The van der Waals surface area contributed by atoms with Gasteiger partial charge in [-0.3, -0.25) is 0 Å². The molecule has 4 N–H and O–H groups in total. The summed E-state index contributed by atoms with van der Waals surface area (Å²) in [6, 6.07) is 4.17. The van der Waals surface area contributed by atoms with Gasteiger partial charge in [0.05, 0.1) is 24.1 Å². The normalized spacial score (nSPS) is 46.6. The van der Waals surface area contributed by atoms with Crippen molar-refractivity contribution in [2.45, 2.75) is 66.3 Å². The molecule has 2 bridgehead atoms. The Bertz CT molecular complexity index is 955. The lowest BCUT2D eigenvalue weighted by Crippen LogP contribution is -2.64. The number of ether oxygens (including phenoxy) is 2. The summed E-state index contributed by atoms with van der Waals surface area (Å²) in [5, 5.41) is 41.5. The third-order valence-electron chi connectivity index (χ3n) is 8.66. The molecule has 2 fully saturated rings. The SMILES string of the molecule is C[C@H]1[C@H](O)[C@@H](O)C(S[C@@H]2C=CC3[C@H]4Cc5ccc(O)c6c5[C@@]3(CCN4C)C2O6)O[C@@H]1CO. The molecule has 0 amide bonds. The van der Waals surface area contributed by atoms with E-state index in [1.807, 2.05) is 6.07 Å². The van der Waals surface area contributed by atoms with Crippen molar-refractivity contribution in [3.8, 4) is 11.5 Å². The summed E-state index contributed by atoms with van der Waals surface area (Å²) in [6.45, 7) is 2.54. The zero-order chi connectivity index (χ0) is 22.4. The molecule has 3 heterocycles. The zero-order valence-electron chi connectivity index (χ0n) is 18.3. The van der Waals surface area contributed by atoms with Crippen LogP contribution < -0.4 is 4.74 Å². The molecule has 1 aromatic rings. The molecule has 10 atom stereocenters. The van der Waals surface area contributed by atoms with Gasteiger partial charge in [-0.15, -0.1) is 11.8 Å². The van der Waals surface area contributed by atoms with Crippen LogP contribution in [-0.2, 0) is 16.6 Å². The maximum atomic E-state index is 10.7. The van der Waals surface area contributed by atoms with Crippen molar-refractivity contribution in [1.29, 1.82) is 0 Å². The Morgan fingerprint density at radius 1 is 1.22 bits per heavy atom. The van der Waals surface area contributed by atoms with E-state index in [-0.39, 0.29) is 35.0 Å². The Balaban J connectivity index is 1.38. The van der Waals surface area contributed by atoms with Crippen molar-refractivity contribution in [3.05, 3.63) is 35.4 Å². The molecule has 0 radical (unpaired) electrons. The number of rotatable bonds is 3. The number of piperidine rings is 1. The van der Waals surface area contributed by atoms with Crippen LogP contribution in [0.4, 0.5) is 0 Å². The summed E-state index contributed by atoms with van der Waals surface area (Å²) in [5.74, 6) is 0.746. The maximum absolute atomic E-state index is 10.7. The van der Waals surface area contributed by atoms with Gasteiger partial charge in [-0.2, -0.15) is 0 Å². The van der Waals surface area contributed by atoms with Crippen LogP contribution in [0.3, 0.4) is 0 Å². The fraction of sp³-hybridized carbons (Fsp3) is 0.667. The van der Waals surface area contributed by atoms with Crippen LogP contribution in [0, 0.1) is 11.8 Å². The second-order valence-electron chi connectivity index (χ2n) is 10.1. The lowest BCUT2D eigenvalue weighted by molar-refractivity contribution is -0.176. The van der Waals surface area contributed by atoms with E-state index in [1.54, 1.807) is 13.0 Å². The van der Waals surface area contributed by atoms with Gasteiger partial charge in [0.25, 0.3) is 0 Å². The highest BCUT2D eigenvalue weighted by Gasteiger charge is 2.64. The standard InChI is InChI=1S/C24H31NO6S/c1-11-16(10-26)30-23(20(29)19(11)28)32-17-6-4-13-14-9-12-3-5-15(27)21-18(12)24(13,22(17)31-21)7-8-25(14)2/h3-6,11,13-14,16-17,19-20,22-23,26-29H,7-10H2,1-2H3/t11-,13?,14-,16-,17-,19+,20-,22?,23?,24+/m1/s1. The number of likely N-dealkylation sites (N-methyl/N-ethyl adjacent to an activating group) is 1. The molecular weight excluding hydrogens is 430 g/mol.